The molecular weight excluding hydrogens is 483 g/mol. The predicted molar refractivity (Wildman–Crippen MR) is 123 cm³/mol. The van der Waals surface area contributed by atoms with E-state index in [2.05, 4.69) is 49.9 Å². The number of hydrogen-bond acceptors (Lipinski definition) is 7. The molecule has 4 aromatic rings. The minimum absolute atomic E-state index is 0.816. The number of fused-ring (bicyclic) bond motifs is 1. The van der Waals surface area contributed by atoms with E-state index in [0.29, 0.717) is 0 Å². The van der Waals surface area contributed by atoms with Crippen LogP contribution in [0.15, 0.2) is 40.2 Å². The molecule has 35 heavy (non-hydrogen) atoms. The van der Waals surface area contributed by atoms with Gasteiger partial charge in [0.1, 0.15) is 16.5 Å². The molecule has 12 heteroatoms. The molecule has 2 N–H and O–H groups in total. The van der Waals surface area contributed by atoms with Crippen LogP contribution in [0.2, 0.25) is 0 Å². The van der Waals surface area contributed by atoms with Crippen molar-refractivity contribution in [1.82, 2.24) is 25.2 Å². The van der Waals surface area contributed by atoms with Gasteiger partial charge in [0.25, 0.3) is 0 Å². The van der Waals surface area contributed by atoms with Crippen molar-refractivity contribution >= 4 is 17.3 Å². The van der Waals surface area contributed by atoms with E-state index < -0.39 is 12.1 Å². The Bertz CT molecular complexity index is 1290. The molecule has 3 aromatic heterocycles. The van der Waals surface area contributed by atoms with Gasteiger partial charge in [-0.05, 0) is 13.8 Å². The Morgan fingerprint density at radius 2 is 1.97 bits per heavy atom. The molecule has 184 valence electrons. The molecule has 1 aromatic carbocycles. The van der Waals surface area contributed by atoms with Crippen LogP contribution in [-0.2, 0) is 24.3 Å². The Balaban J connectivity index is 0.000000364. The number of benzene rings is 1. The summed E-state index contributed by atoms with van der Waals surface area (Å²) in [5.74, 6) is -1.94. The monoisotopic (exact) mass is 505 g/mol. The minimum Gasteiger partial charge on any atom is -0.475 e. The van der Waals surface area contributed by atoms with Gasteiger partial charge in [-0.25, -0.2) is 9.78 Å². The van der Waals surface area contributed by atoms with E-state index in [1.54, 1.807) is 11.3 Å². The fraction of sp³-hybridized carbons (Fsp3) is 0.304. The van der Waals surface area contributed by atoms with E-state index >= 15 is 0 Å². The Labute approximate surface area is 202 Å². The molecule has 8 nitrogen and oxygen atoms in total. The number of thiazole rings is 1. The number of carboxylic acids is 1. The van der Waals surface area contributed by atoms with E-state index in [9.17, 15) is 13.2 Å². The van der Waals surface area contributed by atoms with Gasteiger partial charge < -0.3 is 9.63 Å². The zero-order chi connectivity index (χ0) is 25.2. The third-order valence-electron chi connectivity index (χ3n) is 5.48. The number of carboxylic acid groups (broad SMARTS) is 1. The molecule has 0 unspecified atom stereocenters. The highest BCUT2D eigenvalue weighted by Crippen LogP contribution is 2.33. The van der Waals surface area contributed by atoms with Crippen LogP contribution in [0.1, 0.15) is 28.4 Å². The summed E-state index contributed by atoms with van der Waals surface area (Å²) >= 11 is 1.71. The maximum absolute atomic E-state index is 10.6. The molecule has 1 aliphatic rings. The fourth-order valence-corrected chi connectivity index (χ4v) is 4.65. The van der Waals surface area contributed by atoms with Crippen molar-refractivity contribution in [1.29, 1.82) is 0 Å². The Kier molecular flexibility index (Phi) is 7.03. The van der Waals surface area contributed by atoms with Crippen LogP contribution in [0, 0.1) is 13.8 Å². The number of H-pyrrole nitrogens is 1. The summed E-state index contributed by atoms with van der Waals surface area (Å²) in [4.78, 5) is 16.2. The predicted octanol–water partition coefficient (Wildman–Crippen LogP) is 5.00. The lowest BCUT2D eigenvalue weighted by Gasteiger charge is -2.26. The molecule has 0 saturated carbocycles. The molecule has 0 radical (unpaired) electrons. The first-order valence-corrected chi connectivity index (χ1v) is 11.5. The van der Waals surface area contributed by atoms with Crippen molar-refractivity contribution in [3.63, 3.8) is 0 Å². The lowest BCUT2D eigenvalue weighted by molar-refractivity contribution is -0.192. The number of aromatic nitrogens is 4. The summed E-state index contributed by atoms with van der Waals surface area (Å²) in [6.45, 7) is 6.60. The molecule has 4 heterocycles. The van der Waals surface area contributed by atoms with E-state index in [-0.39, 0.29) is 0 Å². The Morgan fingerprint density at radius 1 is 1.26 bits per heavy atom. The van der Waals surface area contributed by atoms with Crippen LogP contribution in [0.25, 0.3) is 21.8 Å². The van der Waals surface area contributed by atoms with Crippen LogP contribution in [0.3, 0.4) is 0 Å². The first kappa shape index (κ1) is 24.6. The molecule has 5 rings (SSSR count). The first-order valence-electron chi connectivity index (χ1n) is 10.6. The topological polar surface area (TPSA) is 108 Å². The van der Waals surface area contributed by atoms with Gasteiger partial charge in [-0.3, -0.25) is 10.00 Å². The van der Waals surface area contributed by atoms with Gasteiger partial charge in [-0.2, -0.15) is 18.3 Å². The minimum atomic E-state index is -5.08. The number of aryl methyl sites for hydroxylation is 2. The summed E-state index contributed by atoms with van der Waals surface area (Å²) in [5, 5.41) is 22.3. The normalized spacial score (nSPS) is 13.7. The average Bonchev–Trinajstić information content (AvgIpc) is 3.53. The zero-order valence-corrected chi connectivity index (χ0v) is 19.7. The number of nitrogens with zero attached hydrogens (tertiary/aromatic N) is 4. The van der Waals surface area contributed by atoms with Crippen molar-refractivity contribution in [3.05, 3.63) is 64.1 Å². The van der Waals surface area contributed by atoms with Gasteiger partial charge in [0.05, 0.1) is 17.0 Å². The molecule has 1 aliphatic heterocycles. The maximum atomic E-state index is 10.6. The van der Waals surface area contributed by atoms with Crippen LogP contribution in [-0.4, -0.2) is 49.0 Å². The van der Waals surface area contributed by atoms with Crippen LogP contribution in [0.5, 0.6) is 0 Å². The largest absolute Gasteiger partial charge is 0.490 e. The number of halogens is 3. The number of aliphatic carboxylic acids is 1. The zero-order valence-electron chi connectivity index (χ0n) is 18.9. The van der Waals surface area contributed by atoms with Crippen molar-refractivity contribution in [2.75, 3.05) is 6.54 Å². The van der Waals surface area contributed by atoms with Gasteiger partial charge in [0.2, 0.25) is 0 Å². The number of hydrogen-bond donors (Lipinski definition) is 2. The van der Waals surface area contributed by atoms with Crippen molar-refractivity contribution in [3.8, 4) is 21.8 Å². The molecule has 0 aliphatic carbocycles. The van der Waals surface area contributed by atoms with E-state index in [1.807, 2.05) is 19.9 Å². The smallest absolute Gasteiger partial charge is 0.475 e. The average molecular weight is 506 g/mol. The van der Waals surface area contributed by atoms with Crippen molar-refractivity contribution < 1.29 is 27.6 Å². The lowest BCUT2D eigenvalue weighted by Crippen LogP contribution is -2.30. The van der Waals surface area contributed by atoms with Gasteiger partial charge >= 0.3 is 12.1 Å². The summed E-state index contributed by atoms with van der Waals surface area (Å²) in [7, 11) is 0. The summed E-state index contributed by atoms with van der Waals surface area (Å²) in [5.41, 5.74) is 7.63. The van der Waals surface area contributed by atoms with Gasteiger partial charge in [0.15, 0.2) is 0 Å². The second-order valence-electron chi connectivity index (χ2n) is 8.00. The van der Waals surface area contributed by atoms with Crippen molar-refractivity contribution in [2.45, 2.75) is 39.5 Å². The van der Waals surface area contributed by atoms with Gasteiger partial charge in [0, 0.05) is 48.3 Å². The highest BCUT2D eigenvalue weighted by atomic mass is 32.1. The van der Waals surface area contributed by atoms with Gasteiger partial charge in [-0.15, -0.1) is 11.3 Å². The summed E-state index contributed by atoms with van der Waals surface area (Å²) in [6, 6.07) is 10.4. The standard InChI is InChI=1S/C21H21N5OS.C2HF3O2/c1-13-19(14(2)27-25-13)20-17-11-26(9-8-18(17)23-24-20)10-16-12-28-21(22-16)15-6-4-3-5-7-15;3-2(4,5)1(6)7/h3-7,12H,8-11H2,1-2H3,(H,23,24);(H,6,7). The number of alkyl halides is 3. The molecule has 0 spiro atoms. The highest BCUT2D eigenvalue weighted by Gasteiger charge is 2.38. The van der Waals surface area contributed by atoms with E-state index in [1.165, 1.54) is 16.8 Å². The van der Waals surface area contributed by atoms with Crippen LogP contribution in [0.4, 0.5) is 13.2 Å². The number of rotatable bonds is 4. The third-order valence-corrected chi connectivity index (χ3v) is 6.42. The summed E-state index contributed by atoms with van der Waals surface area (Å²) in [6.07, 6.45) is -4.12. The maximum Gasteiger partial charge on any atom is 0.490 e. The number of nitrogens with one attached hydrogen (secondary N) is 1. The number of aromatic amines is 1. The fourth-order valence-electron chi connectivity index (χ4n) is 3.84. The lowest BCUT2D eigenvalue weighted by atomic mass is 10.00. The first-order chi connectivity index (χ1) is 16.6. The van der Waals surface area contributed by atoms with E-state index in [4.69, 9.17) is 19.4 Å². The highest BCUT2D eigenvalue weighted by molar-refractivity contribution is 7.13. The second kappa shape index (κ2) is 10.0. The van der Waals surface area contributed by atoms with Crippen molar-refractivity contribution in [2.24, 2.45) is 0 Å². The Morgan fingerprint density at radius 3 is 2.60 bits per heavy atom. The Hall–Kier alpha value is -3.51. The van der Waals surface area contributed by atoms with Gasteiger partial charge in [-0.1, -0.05) is 35.5 Å². The molecule has 0 bridgehead atoms. The number of carbonyl (C=O) groups is 1. The summed E-state index contributed by atoms with van der Waals surface area (Å²) < 4.78 is 37.1. The molecular formula is C23H22F3N5O3S. The van der Waals surface area contributed by atoms with Crippen LogP contribution >= 0.6 is 11.3 Å². The quantitative estimate of drug-likeness (QED) is 0.402. The molecule has 0 atom stereocenters. The SMILES string of the molecule is Cc1noc(C)c1-c1n[nH]c2c1CN(Cc1csc(-c3ccccc3)n1)CC2.O=C(O)C(F)(F)F. The van der Waals surface area contributed by atoms with E-state index in [0.717, 1.165) is 59.5 Å². The molecule has 0 amide bonds. The molecule has 0 saturated heterocycles. The third kappa shape index (κ3) is 5.60. The van der Waals surface area contributed by atoms with Crippen LogP contribution < -0.4 is 0 Å². The molecule has 0 fully saturated rings. The second-order valence-corrected chi connectivity index (χ2v) is 8.86.